The number of carbonyl (C=O) groups is 1. The molecule has 18 heavy (non-hydrogen) atoms. The van der Waals surface area contributed by atoms with Crippen molar-refractivity contribution in [3.63, 3.8) is 0 Å². The van der Waals surface area contributed by atoms with Crippen LogP contribution in [0.25, 0.3) is 0 Å². The summed E-state index contributed by atoms with van der Waals surface area (Å²) in [5.41, 5.74) is 6.56. The maximum Gasteiger partial charge on any atom is 0.224 e. The second kappa shape index (κ2) is 6.21. The van der Waals surface area contributed by atoms with Crippen LogP contribution < -0.4 is 5.73 Å². The van der Waals surface area contributed by atoms with Gasteiger partial charge in [0, 0.05) is 30.6 Å². The van der Waals surface area contributed by atoms with E-state index in [9.17, 15) is 4.79 Å². The van der Waals surface area contributed by atoms with Gasteiger partial charge < -0.3 is 10.6 Å². The van der Waals surface area contributed by atoms with E-state index in [1.165, 1.54) is 5.56 Å². The number of amides is 1. The highest BCUT2D eigenvalue weighted by atomic mass is 35.5. The molecule has 0 heterocycles. The molecule has 0 unspecified atom stereocenters. The molecule has 1 amide bonds. The molecule has 0 saturated heterocycles. The Bertz CT molecular complexity index is 395. The monoisotopic (exact) mass is 268 g/mol. The first-order valence-corrected chi connectivity index (χ1v) is 6.43. The summed E-state index contributed by atoms with van der Waals surface area (Å²) in [7, 11) is 1.81. The summed E-state index contributed by atoms with van der Waals surface area (Å²) in [6, 6.07) is 7.68. The summed E-state index contributed by atoms with van der Waals surface area (Å²) in [5, 5.41) is 0.730. The van der Waals surface area contributed by atoms with E-state index >= 15 is 0 Å². The lowest BCUT2D eigenvalue weighted by molar-refractivity contribution is -0.130. The average molecular weight is 269 g/mol. The van der Waals surface area contributed by atoms with Crippen molar-refractivity contribution in [3.8, 4) is 0 Å². The lowest BCUT2D eigenvalue weighted by Gasteiger charge is -2.23. The van der Waals surface area contributed by atoms with Crippen molar-refractivity contribution in [1.29, 1.82) is 0 Å². The van der Waals surface area contributed by atoms with Gasteiger partial charge in [-0.1, -0.05) is 23.7 Å². The summed E-state index contributed by atoms with van der Waals surface area (Å²) in [4.78, 5) is 13.6. The maximum atomic E-state index is 11.9. The van der Waals surface area contributed by atoms with Gasteiger partial charge in [-0.2, -0.15) is 0 Å². The highest BCUT2D eigenvalue weighted by molar-refractivity contribution is 6.30. The second-order valence-electron chi connectivity index (χ2n) is 5.36. The van der Waals surface area contributed by atoms with Crippen LogP contribution in [-0.2, 0) is 11.2 Å². The molecular weight excluding hydrogens is 248 g/mol. The molecule has 2 N–H and O–H groups in total. The Morgan fingerprint density at radius 1 is 1.33 bits per heavy atom. The SMILES string of the molecule is CN(CCc1ccc(Cl)cc1)C(=O)CC(C)(C)N. The predicted octanol–water partition coefficient (Wildman–Crippen LogP) is 2.47. The minimum Gasteiger partial charge on any atom is -0.345 e. The number of nitrogens with zero attached hydrogens (tertiary/aromatic N) is 1. The fourth-order valence-corrected chi connectivity index (χ4v) is 1.72. The third-order valence-electron chi connectivity index (χ3n) is 2.68. The van der Waals surface area contributed by atoms with E-state index in [1.807, 2.05) is 45.2 Å². The smallest absolute Gasteiger partial charge is 0.224 e. The summed E-state index contributed by atoms with van der Waals surface area (Å²) >= 11 is 5.82. The van der Waals surface area contributed by atoms with Gasteiger partial charge >= 0.3 is 0 Å². The lowest BCUT2D eigenvalue weighted by Crippen LogP contribution is -2.40. The van der Waals surface area contributed by atoms with Crippen LogP contribution >= 0.6 is 11.6 Å². The largest absolute Gasteiger partial charge is 0.345 e. The normalized spacial score (nSPS) is 11.4. The van der Waals surface area contributed by atoms with E-state index in [2.05, 4.69) is 0 Å². The molecule has 0 saturated carbocycles. The van der Waals surface area contributed by atoms with Crippen molar-refractivity contribution >= 4 is 17.5 Å². The molecule has 1 aromatic rings. The van der Waals surface area contributed by atoms with E-state index in [0.29, 0.717) is 13.0 Å². The minimum atomic E-state index is -0.453. The molecule has 0 bridgehead atoms. The number of likely N-dealkylation sites (N-methyl/N-ethyl adjacent to an activating group) is 1. The van der Waals surface area contributed by atoms with E-state index in [4.69, 9.17) is 17.3 Å². The molecule has 1 aromatic carbocycles. The lowest BCUT2D eigenvalue weighted by atomic mass is 10.0. The number of rotatable bonds is 5. The third kappa shape index (κ3) is 5.52. The molecule has 0 aliphatic rings. The molecular formula is C14H21ClN2O. The van der Waals surface area contributed by atoms with Gasteiger partial charge in [0.05, 0.1) is 0 Å². The zero-order valence-corrected chi connectivity index (χ0v) is 12.0. The van der Waals surface area contributed by atoms with Gasteiger partial charge in [-0.3, -0.25) is 4.79 Å². The van der Waals surface area contributed by atoms with Crippen molar-refractivity contribution in [2.75, 3.05) is 13.6 Å². The zero-order chi connectivity index (χ0) is 13.8. The van der Waals surface area contributed by atoms with Crippen LogP contribution in [0.5, 0.6) is 0 Å². The number of hydrogen-bond acceptors (Lipinski definition) is 2. The highest BCUT2D eigenvalue weighted by Crippen LogP contribution is 2.11. The molecule has 0 aliphatic heterocycles. The number of benzene rings is 1. The Hall–Kier alpha value is -1.06. The van der Waals surface area contributed by atoms with Gasteiger partial charge in [0.15, 0.2) is 0 Å². The zero-order valence-electron chi connectivity index (χ0n) is 11.2. The fraction of sp³-hybridized carbons (Fsp3) is 0.500. The van der Waals surface area contributed by atoms with Gasteiger partial charge in [0.1, 0.15) is 0 Å². The quantitative estimate of drug-likeness (QED) is 0.892. The van der Waals surface area contributed by atoms with Crippen LogP contribution in [-0.4, -0.2) is 29.9 Å². The average Bonchev–Trinajstić information content (AvgIpc) is 2.25. The van der Waals surface area contributed by atoms with Crippen LogP contribution in [0.1, 0.15) is 25.8 Å². The van der Waals surface area contributed by atoms with Crippen LogP contribution in [0, 0.1) is 0 Å². The highest BCUT2D eigenvalue weighted by Gasteiger charge is 2.18. The minimum absolute atomic E-state index is 0.0801. The molecule has 100 valence electrons. The van der Waals surface area contributed by atoms with Crippen molar-refractivity contribution in [1.82, 2.24) is 4.90 Å². The van der Waals surface area contributed by atoms with E-state index in [1.54, 1.807) is 4.90 Å². The molecule has 0 aliphatic carbocycles. The first kappa shape index (κ1) is 15.0. The standard InChI is InChI=1S/C14H21ClN2O/c1-14(2,16)10-13(18)17(3)9-8-11-4-6-12(15)7-5-11/h4-7H,8-10,16H2,1-3H3. The van der Waals surface area contributed by atoms with Crippen LogP contribution in [0.2, 0.25) is 5.02 Å². The van der Waals surface area contributed by atoms with Crippen molar-refractivity contribution < 1.29 is 4.79 Å². The number of halogens is 1. The summed E-state index contributed by atoms with van der Waals surface area (Å²) < 4.78 is 0. The van der Waals surface area contributed by atoms with Gasteiger partial charge in [0.25, 0.3) is 0 Å². The molecule has 0 atom stereocenters. The van der Waals surface area contributed by atoms with E-state index in [0.717, 1.165) is 11.4 Å². The Kier molecular flexibility index (Phi) is 5.17. The summed E-state index contributed by atoms with van der Waals surface area (Å²) in [5.74, 6) is 0.0801. The Morgan fingerprint density at radius 3 is 2.39 bits per heavy atom. The molecule has 1 rings (SSSR count). The molecule has 3 nitrogen and oxygen atoms in total. The van der Waals surface area contributed by atoms with Crippen molar-refractivity contribution in [3.05, 3.63) is 34.9 Å². The van der Waals surface area contributed by atoms with Gasteiger partial charge in [0.2, 0.25) is 5.91 Å². The Labute approximate surface area is 114 Å². The van der Waals surface area contributed by atoms with Crippen LogP contribution in [0.3, 0.4) is 0 Å². The topological polar surface area (TPSA) is 46.3 Å². The fourth-order valence-electron chi connectivity index (χ4n) is 1.60. The summed E-state index contributed by atoms with van der Waals surface area (Å²) in [6.07, 6.45) is 1.19. The first-order chi connectivity index (χ1) is 8.28. The predicted molar refractivity (Wildman–Crippen MR) is 75.7 cm³/mol. The van der Waals surface area contributed by atoms with Gasteiger partial charge in [-0.25, -0.2) is 0 Å². The molecule has 0 spiro atoms. The van der Waals surface area contributed by atoms with E-state index < -0.39 is 5.54 Å². The molecule has 0 aromatic heterocycles. The summed E-state index contributed by atoms with van der Waals surface area (Å²) in [6.45, 7) is 4.41. The van der Waals surface area contributed by atoms with Crippen molar-refractivity contribution in [2.24, 2.45) is 5.73 Å². The Balaban J connectivity index is 2.43. The van der Waals surface area contributed by atoms with Gasteiger partial charge in [-0.15, -0.1) is 0 Å². The Morgan fingerprint density at radius 2 is 1.89 bits per heavy atom. The van der Waals surface area contributed by atoms with Crippen molar-refractivity contribution in [2.45, 2.75) is 32.2 Å². The number of carbonyl (C=O) groups excluding carboxylic acids is 1. The molecule has 0 fully saturated rings. The van der Waals surface area contributed by atoms with E-state index in [-0.39, 0.29) is 5.91 Å². The number of hydrogen-bond donors (Lipinski definition) is 1. The van der Waals surface area contributed by atoms with Crippen LogP contribution in [0.15, 0.2) is 24.3 Å². The number of nitrogens with two attached hydrogens (primary N) is 1. The van der Waals surface area contributed by atoms with Gasteiger partial charge in [-0.05, 0) is 38.0 Å². The second-order valence-corrected chi connectivity index (χ2v) is 5.79. The molecule has 0 radical (unpaired) electrons. The third-order valence-corrected chi connectivity index (χ3v) is 2.93. The molecule has 4 heteroatoms. The van der Waals surface area contributed by atoms with Crippen LogP contribution in [0.4, 0.5) is 0 Å². The first-order valence-electron chi connectivity index (χ1n) is 6.05. The maximum absolute atomic E-state index is 11.9.